The lowest BCUT2D eigenvalue weighted by atomic mass is 10.1. The van der Waals surface area contributed by atoms with Crippen molar-refractivity contribution in [2.75, 3.05) is 6.61 Å². The third-order valence-electron chi connectivity index (χ3n) is 8.74. The van der Waals surface area contributed by atoms with Gasteiger partial charge in [-0.1, -0.05) is 89.3 Å². The molecule has 0 unspecified atom stereocenters. The molecule has 0 amide bonds. The second-order valence-corrected chi connectivity index (χ2v) is 24.3. The summed E-state index contributed by atoms with van der Waals surface area (Å²) in [6.45, 7) is 16.3. The molecule has 1 atom stereocenters. The van der Waals surface area contributed by atoms with Crippen molar-refractivity contribution >= 4 is 22.6 Å². The molecule has 0 radical (unpaired) electrons. The van der Waals surface area contributed by atoms with Gasteiger partial charge in [0.1, 0.15) is 11.5 Å². The average Bonchev–Trinajstić information content (AvgIpc) is 3.06. The van der Waals surface area contributed by atoms with Crippen LogP contribution in [0.3, 0.4) is 0 Å². The van der Waals surface area contributed by atoms with Gasteiger partial charge in [-0.2, -0.15) is 0 Å². The Morgan fingerprint density at radius 1 is 0.700 bits per heavy atom. The van der Waals surface area contributed by atoms with Crippen LogP contribution in [-0.4, -0.2) is 35.3 Å². The van der Waals surface area contributed by atoms with Gasteiger partial charge in [-0.15, -0.1) is 0 Å². The zero-order valence-electron chi connectivity index (χ0n) is 32.0. The van der Waals surface area contributed by atoms with E-state index >= 15 is 4.39 Å². The van der Waals surface area contributed by atoms with E-state index < -0.39 is 28.4 Å². The lowest BCUT2D eigenvalue weighted by Crippen LogP contribution is -2.42. The number of hydrogen-bond acceptors (Lipinski definition) is 5. The highest BCUT2D eigenvalue weighted by Gasteiger charge is 2.29. The first-order valence-corrected chi connectivity index (χ1v) is 25.6. The van der Waals surface area contributed by atoms with E-state index in [9.17, 15) is 4.79 Å². The van der Waals surface area contributed by atoms with Gasteiger partial charge in [0.2, 0.25) is 0 Å². The van der Waals surface area contributed by atoms with Crippen LogP contribution < -0.4 is 14.2 Å². The van der Waals surface area contributed by atoms with E-state index in [2.05, 4.69) is 39.7 Å². The third-order valence-corrected chi connectivity index (χ3v) is 15.0. The summed E-state index contributed by atoms with van der Waals surface area (Å²) in [5.41, 5.74) is 2.00. The molecule has 3 rings (SSSR count). The highest BCUT2D eigenvalue weighted by atomic mass is 28.4. The zero-order chi connectivity index (χ0) is 36.4. The molecule has 0 bridgehead atoms. The Labute approximate surface area is 304 Å². The largest absolute Gasteiger partial charge is 0.494 e. The number of ether oxygens (including phenoxy) is 3. The van der Waals surface area contributed by atoms with Crippen molar-refractivity contribution in [1.82, 2.24) is 0 Å². The van der Waals surface area contributed by atoms with Gasteiger partial charge in [0.25, 0.3) is 0 Å². The van der Waals surface area contributed by atoms with Crippen LogP contribution in [-0.2, 0) is 4.12 Å². The molecule has 0 N–H and O–H groups in total. The first-order chi connectivity index (χ1) is 23.8. The average molecular weight is 723 g/mol. The summed E-state index contributed by atoms with van der Waals surface area (Å²) < 4.78 is 38.9. The van der Waals surface area contributed by atoms with Crippen molar-refractivity contribution < 1.29 is 27.5 Å². The second-order valence-electron chi connectivity index (χ2n) is 15.3. The summed E-state index contributed by atoms with van der Waals surface area (Å²) in [5, 5.41) is 0. The van der Waals surface area contributed by atoms with E-state index in [-0.39, 0.29) is 11.9 Å². The summed E-state index contributed by atoms with van der Waals surface area (Å²) in [6.07, 6.45) is 15.8. The molecule has 0 fully saturated rings. The van der Waals surface area contributed by atoms with Gasteiger partial charge >= 0.3 is 5.97 Å². The normalized spacial score (nSPS) is 12.5. The molecule has 0 aliphatic carbocycles. The van der Waals surface area contributed by atoms with Gasteiger partial charge in [0.05, 0.1) is 18.3 Å². The highest BCUT2D eigenvalue weighted by molar-refractivity contribution is 6.84. The molecular weight excluding hydrogens is 660 g/mol. The molecule has 0 saturated heterocycles. The monoisotopic (exact) mass is 722 g/mol. The number of rotatable bonds is 24. The standard InChI is InChI=1S/C42H63FO5Si2/c1-8-9-10-11-12-13-14-15-16-18-31-45-38-26-23-36(24-27-38)42(44)47-39-28-21-35(22-29-39)37-25-30-41(40(43)33-37)46-34(2)20-17-19-32-50(6,7)48-49(3,4)5/h21-30,33-34H,8-20,31-32H2,1-7H3/t34-/m0/s1. The Bertz CT molecular complexity index is 1400. The van der Waals surface area contributed by atoms with Crippen LogP contribution >= 0.6 is 0 Å². The molecule has 5 nitrogen and oxygen atoms in total. The molecular formula is C42H63FO5Si2. The maximum Gasteiger partial charge on any atom is 0.343 e. The van der Waals surface area contributed by atoms with Crippen molar-refractivity contribution in [3.63, 3.8) is 0 Å². The van der Waals surface area contributed by atoms with Crippen LogP contribution in [0.15, 0.2) is 66.7 Å². The number of esters is 1. The molecule has 8 heteroatoms. The molecule has 0 aliphatic heterocycles. The fourth-order valence-corrected chi connectivity index (χ4v) is 14.4. The predicted molar refractivity (Wildman–Crippen MR) is 211 cm³/mol. The lowest BCUT2D eigenvalue weighted by molar-refractivity contribution is 0.0734. The van der Waals surface area contributed by atoms with E-state index in [1.807, 2.05) is 37.3 Å². The SMILES string of the molecule is CCCCCCCCCCCCOc1ccc(C(=O)Oc2ccc(-c3ccc(O[C@@H](C)CCCC[Si](C)(C)O[Si](C)(C)C)c(F)c3)cc2)cc1. The molecule has 0 heterocycles. The highest BCUT2D eigenvalue weighted by Crippen LogP contribution is 2.29. The molecule has 0 spiro atoms. The fourth-order valence-electron chi connectivity index (χ4n) is 6.26. The van der Waals surface area contributed by atoms with Gasteiger partial charge in [-0.05, 0) is 125 Å². The van der Waals surface area contributed by atoms with E-state index in [1.165, 1.54) is 63.9 Å². The molecule has 0 saturated carbocycles. The van der Waals surface area contributed by atoms with E-state index in [1.54, 1.807) is 30.3 Å². The topological polar surface area (TPSA) is 54.0 Å². The Balaban J connectivity index is 1.37. The Morgan fingerprint density at radius 2 is 1.28 bits per heavy atom. The number of unbranched alkanes of at least 4 members (excludes halogenated alkanes) is 10. The van der Waals surface area contributed by atoms with Crippen molar-refractivity contribution in [3.8, 4) is 28.4 Å². The molecule has 0 aromatic heterocycles. The molecule has 0 aliphatic rings. The van der Waals surface area contributed by atoms with Gasteiger partial charge in [-0.25, -0.2) is 9.18 Å². The van der Waals surface area contributed by atoms with Crippen molar-refractivity contribution in [2.24, 2.45) is 0 Å². The fraction of sp³-hybridized carbons (Fsp3) is 0.548. The molecule has 3 aromatic carbocycles. The van der Waals surface area contributed by atoms with Crippen LogP contribution in [0, 0.1) is 5.82 Å². The summed E-state index contributed by atoms with van der Waals surface area (Å²) in [7, 11) is -3.16. The minimum Gasteiger partial charge on any atom is -0.494 e. The smallest absolute Gasteiger partial charge is 0.343 e. The van der Waals surface area contributed by atoms with Crippen molar-refractivity contribution in [1.29, 1.82) is 0 Å². The number of hydrogen-bond donors (Lipinski definition) is 0. The summed E-state index contributed by atoms with van der Waals surface area (Å²) in [6, 6.07) is 20.3. The number of carbonyl (C=O) groups is 1. The van der Waals surface area contributed by atoms with Crippen LogP contribution in [0.4, 0.5) is 4.39 Å². The maximum absolute atomic E-state index is 15.0. The van der Waals surface area contributed by atoms with Crippen LogP contribution in [0.5, 0.6) is 17.2 Å². The first-order valence-electron chi connectivity index (χ1n) is 19.1. The number of halogens is 1. The maximum atomic E-state index is 15.0. The molecule has 3 aromatic rings. The minimum absolute atomic E-state index is 0.0786. The first kappa shape index (κ1) is 41.5. The number of benzene rings is 3. The van der Waals surface area contributed by atoms with Gasteiger partial charge in [0, 0.05) is 0 Å². The van der Waals surface area contributed by atoms with E-state index in [0.717, 1.165) is 48.6 Å². The van der Waals surface area contributed by atoms with Crippen molar-refractivity contribution in [2.45, 2.75) is 142 Å². The third kappa shape index (κ3) is 16.4. The zero-order valence-corrected chi connectivity index (χ0v) is 34.0. The van der Waals surface area contributed by atoms with Gasteiger partial charge < -0.3 is 18.3 Å². The quantitative estimate of drug-likeness (QED) is 0.0399. The Kier molecular flexibility index (Phi) is 17.8. The van der Waals surface area contributed by atoms with Crippen LogP contribution in [0.2, 0.25) is 38.8 Å². The van der Waals surface area contributed by atoms with E-state index in [4.69, 9.17) is 18.3 Å². The molecule has 50 heavy (non-hydrogen) atoms. The molecule has 276 valence electrons. The number of carbonyl (C=O) groups excluding carboxylic acids is 1. The van der Waals surface area contributed by atoms with Gasteiger partial charge in [0.15, 0.2) is 28.2 Å². The Morgan fingerprint density at radius 3 is 1.88 bits per heavy atom. The van der Waals surface area contributed by atoms with E-state index in [0.29, 0.717) is 17.9 Å². The van der Waals surface area contributed by atoms with Gasteiger partial charge in [-0.3, -0.25) is 0 Å². The second kappa shape index (κ2) is 21.4. The summed E-state index contributed by atoms with van der Waals surface area (Å²) in [5.74, 6) is 0.611. The summed E-state index contributed by atoms with van der Waals surface area (Å²) in [4.78, 5) is 12.8. The summed E-state index contributed by atoms with van der Waals surface area (Å²) >= 11 is 0. The van der Waals surface area contributed by atoms with Crippen LogP contribution in [0.25, 0.3) is 11.1 Å². The van der Waals surface area contributed by atoms with Crippen molar-refractivity contribution in [3.05, 3.63) is 78.1 Å². The van der Waals surface area contributed by atoms with Crippen LogP contribution in [0.1, 0.15) is 108 Å². The lowest BCUT2D eigenvalue weighted by Gasteiger charge is -2.31. The minimum atomic E-state index is -1.64. The predicted octanol–water partition coefficient (Wildman–Crippen LogP) is 13.0. The Hall–Kier alpha value is -2.95.